The second-order valence-electron chi connectivity index (χ2n) is 20.3. The van der Waals surface area contributed by atoms with Gasteiger partial charge in [-0.05, 0) is 167 Å². The van der Waals surface area contributed by atoms with Crippen LogP contribution in [0.2, 0.25) is 0 Å². The van der Waals surface area contributed by atoms with Gasteiger partial charge in [0, 0.05) is 27.5 Å². The predicted octanol–water partition coefficient (Wildman–Crippen LogP) is 20.4. The Morgan fingerprint density at radius 3 is 1.73 bits per heavy atom. The number of unbranched alkanes of at least 4 members (excludes halogenated alkanes) is 1. The molecular formula is C72H50N2O. The molecule has 354 valence electrons. The van der Waals surface area contributed by atoms with Crippen LogP contribution in [0, 0.1) is 0 Å². The number of fused-ring (bicyclic) bond motifs is 7. The van der Waals surface area contributed by atoms with Gasteiger partial charge in [-0.15, -0.1) is 0 Å². The lowest BCUT2D eigenvalue weighted by Crippen LogP contribution is -2.16. The summed E-state index contributed by atoms with van der Waals surface area (Å²) in [5.41, 5.74) is 17.4. The van der Waals surface area contributed by atoms with E-state index in [-0.39, 0.29) is 0 Å². The molecule has 0 aliphatic carbocycles. The number of anilines is 3. The smallest absolute Gasteiger partial charge is 0.159 e. The van der Waals surface area contributed by atoms with Crippen LogP contribution in [0.4, 0.5) is 17.1 Å². The van der Waals surface area contributed by atoms with Crippen LogP contribution in [0.1, 0.15) is 25.3 Å². The van der Waals surface area contributed by atoms with E-state index in [1.54, 1.807) is 0 Å². The Balaban J connectivity index is 0.895. The summed E-state index contributed by atoms with van der Waals surface area (Å²) < 4.78 is 9.43. The van der Waals surface area contributed by atoms with Crippen molar-refractivity contribution in [3.63, 3.8) is 0 Å². The SMILES string of the molecule is CCCCc1ccc(-c2ccc3c(c2)c2cc(-c4ccc5c(c4)N(c4cccc(-c6ccccc6)c4)c4ccc6ccccc6c4O5)ccc2n3-c2cccc(-c3ccc4ccc5cccc6ccc3c4c56)c2)cc1. The first-order valence-electron chi connectivity index (χ1n) is 26.4. The zero-order valence-corrected chi connectivity index (χ0v) is 41.6. The number of benzene rings is 13. The standard InChI is InChI=1S/C72H50N2O/c1-2-3-12-46-23-25-48(26-24-46)54-32-37-65-63(43-54)64-44-55(33-38-66(64)73(65)59-21-11-19-57(42-59)60-35-29-52-28-27-50-16-9-17-51-30-36-62(60)71(52)70(50)51)56-34-40-69-68(45-56)74(58-20-10-18-53(41-58)47-13-5-4-6-14-47)67-39-31-49-15-7-8-22-61(49)72(67)75-69/h4-11,13-45H,2-3,12H2,1H3. The highest BCUT2D eigenvalue weighted by Crippen LogP contribution is 2.54. The molecule has 13 aromatic carbocycles. The lowest BCUT2D eigenvalue weighted by molar-refractivity contribution is 0.482. The highest BCUT2D eigenvalue weighted by Gasteiger charge is 2.29. The van der Waals surface area contributed by atoms with Crippen molar-refractivity contribution < 1.29 is 4.74 Å². The number of nitrogens with zero attached hydrogens (tertiary/aromatic N) is 2. The molecule has 0 atom stereocenters. The van der Waals surface area contributed by atoms with Gasteiger partial charge >= 0.3 is 0 Å². The molecule has 0 unspecified atom stereocenters. The molecule has 75 heavy (non-hydrogen) atoms. The van der Waals surface area contributed by atoms with Crippen molar-refractivity contribution in [2.75, 3.05) is 4.90 Å². The largest absolute Gasteiger partial charge is 0.452 e. The number of ether oxygens (including phenoxy) is 1. The first-order valence-corrected chi connectivity index (χ1v) is 26.4. The molecule has 0 fully saturated rings. The van der Waals surface area contributed by atoms with Crippen LogP contribution in [0.15, 0.2) is 249 Å². The van der Waals surface area contributed by atoms with E-state index in [1.807, 2.05) is 0 Å². The summed E-state index contributed by atoms with van der Waals surface area (Å²) in [6, 6.07) is 91.9. The Bertz CT molecular complexity index is 4530. The van der Waals surface area contributed by atoms with Gasteiger partial charge in [0.25, 0.3) is 0 Å². The number of hydrogen-bond acceptors (Lipinski definition) is 2. The molecule has 1 aliphatic heterocycles. The van der Waals surface area contributed by atoms with Gasteiger partial charge in [0.05, 0.1) is 22.4 Å². The van der Waals surface area contributed by atoms with Crippen LogP contribution in [0.5, 0.6) is 11.5 Å². The summed E-state index contributed by atoms with van der Waals surface area (Å²) >= 11 is 0. The van der Waals surface area contributed by atoms with Crippen LogP contribution in [0.3, 0.4) is 0 Å². The molecule has 3 nitrogen and oxygen atoms in total. The molecule has 0 spiro atoms. The zero-order chi connectivity index (χ0) is 49.6. The average molecular weight is 959 g/mol. The predicted molar refractivity (Wildman–Crippen MR) is 317 cm³/mol. The highest BCUT2D eigenvalue weighted by atomic mass is 16.5. The van der Waals surface area contributed by atoms with Crippen LogP contribution in [-0.4, -0.2) is 4.57 Å². The molecule has 0 N–H and O–H groups in total. The molecular weight excluding hydrogens is 909 g/mol. The summed E-state index contributed by atoms with van der Waals surface area (Å²) in [6.45, 7) is 2.26. The van der Waals surface area contributed by atoms with E-state index in [0.29, 0.717) is 0 Å². The van der Waals surface area contributed by atoms with Crippen LogP contribution >= 0.6 is 0 Å². The molecule has 1 aliphatic rings. The van der Waals surface area contributed by atoms with E-state index in [0.717, 1.165) is 73.6 Å². The normalized spacial score (nSPS) is 12.3. The van der Waals surface area contributed by atoms with Gasteiger partial charge in [-0.2, -0.15) is 0 Å². The van der Waals surface area contributed by atoms with E-state index in [1.165, 1.54) is 94.8 Å². The lowest BCUT2D eigenvalue weighted by atomic mass is 9.90. The minimum absolute atomic E-state index is 0.820. The highest BCUT2D eigenvalue weighted by molar-refractivity contribution is 6.25. The summed E-state index contributed by atoms with van der Waals surface area (Å²) in [5.74, 6) is 1.68. The van der Waals surface area contributed by atoms with E-state index in [4.69, 9.17) is 4.74 Å². The van der Waals surface area contributed by atoms with E-state index < -0.39 is 0 Å². The maximum atomic E-state index is 6.96. The topological polar surface area (TPSA) is 17.4 Å². The van der Waals surface area contributed by atoms with Gasteiger partial charge in [-0.25, -0.2) is 0 Å². The first-order chi connectivity index (χ1) is 37.1. The quantitative estimate of drug-likeness (QED) is 0.134. The van der Waals surface area contributed by atoms with Gasteiger partial charge in [0.1, 0.15) is 0 Å². The summed E-state index contributed by atoms with van der Waals surface area (Å²) in [7, 11) is 0. The molecule has 0 radical (unpaired) electrons. The van der Waals surface area contributed by atoms with Crippen molar-refractivity contribution in [2.24, 2.45) is 0 Å². The molecule has 3 heteroatoms. The van der Waals surface area contributed by atoms with Crippen molar-refractivity contribution in [1.29, 1.82) is 0 Å². The average Bonchev–Trinajstić information content (AvgIpc) is 3.86. The number of aryl methyl sites for hydroxylation is 1. The maximum Gasteiger partial charge on any atom is 0.159 e. The Morgan fingerprint density at radius 1 is 0.360 bits per heavy atom. The number of hydrogen-bond donors (Lipinski definition) is 0. The molecule has 0 saturated carbocycles. The third kappa shape index (κ3) is 7.11. The van der Waals surface area contributed by atoms with E-state index in [2.05, 4.69) is 265 Å². The van der Waals surface area contributed by atoms with Gasteiger partial charge < -0.3 is 14.2 Å². The van der Waals surface area contributed by atoms with Crippen molar-refractivity contribution in [3.05, 3.63) is 254 Å². The zero-order valence-electron chi connectivity index (χ0n) is 41.6. The Hall–Kier alpha value is -9.44. The number of rotatable bonds is 9. The van der Waals surface area contributed by atoms with Crippen LogP contribution in [0.25, 0.3) is 115 Å². The van der Waals surface area contributed by atoms with Gasteiger partial charge in [-0.3, -0.25) is 0 Å². The maximum absolute atomic E-state index is 6.96. The second kappa shape index (κ2) is 17.4. The monoisotopic (exact) mass is 958 g/mol. The fraction of sp³-hybridized carbons (Fsp3) is 0.0556. The van der Waals surface area contributed by atoms with Gasteiger partial charge in [-0.1, -0.05) is 195 Å². The minimum atomic E-state index is 0.820. The van der Waals surface area contributed by atoms with E-state index in [9.17, 15) is 0 Å². The fourth-order valence-electron chi connectivity index (χ4n) is 12.2. The van der Waals surface area contributed by atoms with Crippen molar-refractivity contribution in [2.45, 2.75) is 26.2 Å². The molecule has 0 amide bonds. The van der Waals surface area contributed by atoms with Crippen LogP contribution < -0.4 is 9.64 Å². The Morgan fingerprint density at radius 2 is 0.933 bits per heavy atom. The summed E-state index contributed by atoms with van der Waals surface area (Å²) in [6.07, 6.45) is 3.50. The van der Waals surface area contributed by atoms with Crippen molar-refractivity contribution in [3.8, 4) is 61.7 Å². The molecule has 0 bridgehead atoms. The molecule has 0 saturated heterocycles. The van der Waals surface area contributed by atoms with Crippen molar-refractivity contribution >= 4 is 82.0 Å². The molecule has 14 aromatic rings. The number of aromatic nitrogens is 1. The van der Waals surface area contributed by atoms with Gasteiger partial charge in [0.2, 0.25) is 0 Å². The van der Waals surface area contributed by atoms with E-state index >= 15 is 0 Å². The Labute approximate surface area is 436 Å². The lowest BCUT2D eigenvalue weighted by Gasteiger charge is -2.34. The summed E-state index contributed by atoms with van der Waals surface area (Å²) in [4.78, 5) is 2.38. The molecule has 2 heterocycles. The first kappa shape index (κ1) is 43.2. The van der Waals surface area contributed by atoms with Crippen molar-refractivity contribution in [1.82, 2.24) is 4.57 Å². The third-order valence-electron chi connectivity index (χ3n) is 15.9. The fourth-order valence-corrected chi connectivity index (χ4v) is 12.2. The molecule has 1 aromatic heterocycles. The second-order valence-corrected chi connectivity index (χ2v) is 20.3. The molecule has 15 rings (SSSR count). The van der Waals surface area contributed by atoms with Crippen LogP contribution in [-0.2, 0) is 6.42 Å². The minimum Gasteiger partial charge on any atom is -0.452 e. The Kier molecular flexibility index (Phi) is 9.99. The third-order valence-corrected chi connectivity index (χ3v) is 15.9. The van der Waals surface area contributed by atoms with Gasteiger partial charge in [0.15, 0.2) is 11.5 Å². The summed E-state index contributed by atoms with van der Waals surface area (Å²) in [5, 5.41) is 12.4.